The molecule has 0 unspecified atom stereocenters. The lowest BCUT2D eigenvalue weighted by Crippen LogP contribution is -2.25. The van der Waals surface area contributed by atoms with E-state index in [-0.39, 0.29) is 10.6 Å². The first-order valence-corrected chi connectivity index (χ1v) is 8.32. The van der Waals surface area contributed by atoms with Gasteiger partial charge in [0.15, 0.2) is 0 Å². The van der Waals surface area contributed by atoms with Crippen molar-refractivity contribution in [3.05, 3.63) is 16.6 Å². The average molecular weight is 351 g/mol. The van der Waals surface area contributed by atoms with E-state index in [0.29, 0.717) is 16.7 Å². The van der Waals surface area contributed by atoms with Crippen molar-refractivity contribution in [3.8, 4) is 5.75 Å². The number of benzene rings is 1. The molecule has 0 spiro atoms. The molecule has 1 rings (SSSR count). The maximum absolute atomic E-state index is 12.2. The molecule has 0 saturated carbocycles. The van der Waals surface area contributed by atoms with E-state index in [1.165, 1.54) is 13.2 Å². The molecule has 3 N–H and O–H groups in total. The van der Waals surface area contributed by atoms with Gasteiger partial charge in [0.1, 0.15) is 10.6 Å². The van der Waals surface area contributed by atoms with Crippen LogP contribution in [0.3, 0.4) is 0 Å². The SMILES string of the molecule is CCCCCNS(=O)(=O)c1cc(N)c(Br)cc1OC. The van der Waals surface area contributed by atoms with Crippen LogP contribution >= 0.6 is 15.9 Å². The van der Waals surface area contributed by atoms with Crippen molar-refractivity contribution >= 4 is 31.6 Å². The fourth-order valence-corrected chi connectivity index (χ4v) is 3.16. The monoisotopic (exact) mass is 350 g/mol. The van der Waals surface area contributed by atoms with Gasteiger partial charge in [0.05, 0.1) is 7.11 Å². The van der Waals surface area contributed by atoms with Crippen molar-refractivity contribution in [3.63, 3.8) is 0 Å². The number of nitrogens with two attached hydrogens (primary N) is 1. The van der Waals surface area contributed by atoms with Crippen molar-refractivity contribution in [1.29, 1.82) is 0 Å². The molecule has 1 aromatic rings. The fourth-order valence-electron chi connectivity index (χ4n) is 1.58. The number of hydrogen-bond acceptors (Lipinski definition) is 4. The zero-order chi connectivity index (χ0) is 14.5. The molecular formula is C12H19BrN2O3S. The minimum atomic E-state index is -3.60. The first-order valence-electron chi connectivity index (χ1n) is 6.05. The van der Waals surface area contributed by atoms with Crippen LogP contribution in [0.2, 0.25) is 0 Å². The van der Waals surface area contributed by atoms with E-state index < -0.39 is 10.0 Å². The van der Waals surface area contributed by atoms with E-state index in [2.05, 4.69) is 27.6 Å². The van der Waals surface area contributed by atoms with Gasteiger partial charge in [-0.3, -0.25) is 0 Å². The second kappa shape index (κ2) is 7.12. The summed E-state index contributed by atoms with van der Waals surface area (Å²) in [6.45, 7) is 2.47. The zero-order valence-corrected chi connectivity index (χ0v) is 13.5. The van der Waals surface area contributed by atoms with Crippen molar-refractivity contribution in [2.75, 3.05) is 19.4 Å². The van der Waals surface area contributed by atoms with E-state index in [0.717, 1.165) is 19.3 Å². The molecule has 19 heavy (non-hydrogen) atoms. The van der Waals surface area contributed by atoms with Gasteiger partial charge in [-0.15, -0.1) is 0 Å². The number of nitrogens with one attached hydrogen (secondary N) is 1. The number of nitrogen functional groups attached to an aromatic ring is 1. The van der Waals surface area contributed by atoms with Crippen LogP contribution in [-0.2, 0) is 10.0 Å². The number of hydrogen-bond donors (Lipinski definition) is 2. The third kappa shape index (κ3) is 4.36. The number of rotatable bonds is 7. The van der Waals surface area contributed by atoms with Crippen LogP contribution in [0.25, 0.3) is 0 Å². The highest BCUT2D eigenvalue weighted by Crippen LogP contribution is 2.32. The molecule has 0 radical (unpaired) electrons. The lowest BCUT2D eigenvalue weighted by Gasteiger charge is -2.12. The van der Waals surface area contributed by atoms with Gasteiger partial charge >= 0.3 is 0 Å². The first kappa shape index (κ1) is 16.3. The molecular weight excluding hydrogens is 332 g/mol. The highest BCUT2D eigenvalue weighted by Gasteiger charge is 2.20. The van der Waals surface area contributed by atoms with Gasteiger partial charge < -0.3 is 10.5 Å². The predicted octanol–water partition coefficient (Wildman–Crippen LogP) is 2.51. The Morgan fingerprint density at radius 2 is 2.05 bits per heavy atom. The molecule has 0 heterocycles. The molecule has 1 aromatic carbocycles. The standard InChI is InChI=1S/C12H19BrN2O3S/c1-3-4-5-6-15-19(16,17)12-8-10(14)9(13)7-11(12)18-2/h7-8,15H,3-6,14H2,1-2H3. The maximum Gasteiger partial charge on any atom is 0.244 e. The largest absolute Gasteiger partial charge is 0.495 e. The van der Waals surface area contributed by atoms with E-state index in [1.54, 1.807) is 6.07 Å². The normalized spacial score (nSPS) is 11.5. The molecule has 0 bridgehead atoms. The molecule has 0 aliphatic rings. The van der Waals surface area contributed by atoms with E-state index in [9.17, 15) is 8.42 Å². The lowest BCUT2D eigenvalue weighted by atomic mass is 10.3. The number of unbranched alkanes of at least 4 members (excludes halogenated alkanes) is 2. The van der Waals surface area contributed by atoms with Gasteiger partial charge in [-0.2, -0.15) is 0 Å². The summed E-state index contributed by atoms with van der Waals surface area (Å²) in [6.07, 6.45) is 2.84. The third-order valence-electron chi connectivity index (χ3n) is 2.64. The summed E-state index contributed by atoms with van der Waals surface area (Å²) in [5, 5.41) is 0. The van der Waals surface area contributed by atoms with Crippen LogP contribution in [-0.4, -0.2) is 22.1 Å². The smallest absolute Gasteiger partial charge is 0.244 e. The van der Waals surface area contributed by atoms with E-state index >= 15 is 0 Å². The minimum absolute atomic E-state index is 0.0622. The molecule has 0 amide bonds. The first-order chi connectivity index (χ1) is 8.92. The molecule has 0 aliphatic carbocycles. The Morgan fingerprint density at radius 3 is 2.63 bits per heavy atom. The fraction of sp³-hybridized carbons (Fsp3) is 0.500. The Hall–Kier alpha value is -0.790. The van der Waals surface area contributed by atoms with Gasteiger partial charge in [0, 0.05) is 16.7 Å². The molecule has 0 aromatic heterocycles. The molecule has 7 heteroatoms. The number of ether oxygens (including phenoxy) is 1. The second-order valence-corrected chi connectivity index (χ2v) is 6.72. The lowest BCUT2D eigenvalue weighted by molar-refractivity contribution is 0.402. The van der Waals surface area contributed by atoms with Gasteiger partial charge in [-0.1, -0.05) is 19.8 Å². The van der Waals surface area contributed by atoms with Gasteiger partial charge in [-0.05, 0) is 34.5 Å². The van der Waals surface area contributed by atoms with Gasteiger partial charge in [-0.25, -0.2) is 13.1 Å². The Bertz CT molecular complexity index is 532. The average Bonchev–Trinajstić information content (AvgIpc) is 2.37. The van der Waals surface area contributed by atoms with Crippen molar-refractivity contribution in [2.45, 2.75) is 31.1 Å². The van der Waals surface area contributed by atoms with Crippen molar-refractivity contribution in [2.24, 2.45) is 0 Å². The topological polar surface area (TPSA) is 81.4 Å². The minimum Gasteiger partial charge on any atom is -0.495 e. The van der Waals surface area contributed by atoms with Gasteiger partial charge in [0.2, 0.25) is 10.0 Å². The van der Waals surface area contributed by atoms with Crippen LogP contribution in [0.4, 0.5) is 5.69 Å². The summed E-state index contributed by atoms with van der Waals surface area (Å²) in [4.78, 5) is 0.0622. The Kier molecular flexibility index (Phi) is 6.09. The highest BCUT2D eigenvalue weighted by atomic mass is 79.9. The zero-order valence-electron chi connectivity index (χ0n) is 11.1. The molecule has 5 nitrogen and oxygen atoms in total. The summed E-state index contributed by atoms with van der Waals surface area (Å²) >= 11 is 3.24. The van der Waals surface area contributed by atoms with E-state index in [4.69, 9.17) is 10.5 Å². The summed E-state index contributed by atoms with van der Waals surface area (Å²) in [6, 6.07) is 2.95. The van der Waals surface area contributed by atoms with E-state index in [1.807, 2.05) is 0 Å². The molecule has 0 aliphatic heterocycles. The second-order valence-electron chi connectivity index (χ2n) is 4.13. The molecule has 0 fully saturated rings. The highest BCUT2D eigenvalue weighted by molar-refractivity contribution is 9.10. The Morgan fingerprint density at radius 1 is 1.37 bits per heavy atom. The molecule has 0 atom stereocenters. The van der Waals surface area contributed by atoms with Crippen molar-refractivity contribution < 1.29 is 13.2 Å². The van der Waals surface area contributed by atoms with Crippen LogP contribution < -0.4 is 15.2 Å². The quantitative estimate of drug-likeness (QED) is 0.584. The maximum atomic E-state index is 12.2. The van der Waals surface area contributed by atoms with Crippen molar-refractivity contribution in [1.82, 2.24) is 4.72 Å². The number of methoxy groups -OCH3 is 1. The summed E-state index contributed by atoms with van der Waals surface area (Å²) in [5.41, 5.74) is 6.08. The Labute approximate surface area is 122 Å². The molecule has 108 valence electrons. The van der Waals surface area contributed by atoms with Crippen LogP contribution in [0.5, 0.6) is 5.75 Å². The van der Waals surface area contributed by atoms with Crippen LogP contribution in [0.15, 0.2) is 21.5 Å². The summed E-state index contributed by atoms with van der Waals surface area (Å²) in [7, 11) is -2.17. The number of sulfonamides is 1. The van der Waals surface area contributed by atoms with Gasteiger partial charge in [0.25, 0.3) is 0 Å². The predicted molar refractivity (Wildman–Crippen MR) is 79.8 cm³/mol. The third-order valence-corrected chi connectivity index (χ3v) is 4.81. The van der Waals surface area contributed by atoms with Crippen LogP contribution in [0, 0.1) is 0 Å². The van der Waals surface area contributed by atoms with Crippen LogP contribution in [0.1, 0.15) is 26.2 Å². The summed E-state index contributed by atoms with van der Waals surface area (Å²) in [5.74, 6) is 0.268. The molecule has 0 saturated heterocycles. The summed E-state index contributed by atoms with van der Waals surface area (Å²) < 4.78 is 32.6. The number of anilines is 1. The Balaban J connectivity index is 2.97. The number of halogens is 1.